The Morgan fingerprint density at radius 2 is 1.97 bits per heavy atom. The molecule has 0 unspecified atom stereocenters. The number of aromatic nitrogens is 3. The number of likely N-dealkylation sites (tertiary alicyclic amines) is 1. The van der Waals surface area contributed by atoms with Crippen LogP contribution in [0, 0.1) is 11.7 Å². The predicted molar refractivity (Wildman–Crippen MR) is 118 cm³/mol. The molecule has 0 radical (unpaired) electrons. The van der Waals surface area contributed by atoms with Crippen LogP contribution in [0.3, 0.4) is 0 Å². The van der Waals surface area contributed by atoms with Gasteiger partial charge in [-0.15, -0.1) is 0 Å². The highest BCUT2D eigenvalue weighted by Crippen LogP contribution is 2.26. The van der Waals surface area contributed by atoms with Crippen molar-refractivity contribution in [2.45, 2.75) is 25.8 Å². The molecule has 2 N–H and O–H groups in total. The second-order valence-corrected chi connectivity index (χ2v) is 8.38. The minimum atomic E-state index is -0.293. The highest BCUT2D eigenvalue weighted by atomic mass is 19.1. The zero-order valence-corrected chi connectivity index (χ0v) is 17.9. The van der Waals surface area contributed by atoms with Gasteiger partial charge in [-0.3, -0.25) is 9.69 Å². The number of hydrogen-bond acceptors (Lipinski definition) is 6. The lowest BCUT2D eigenvalue weighted by Gasteiger charge is -2.32. The second-order valence-electron chi connectivity index (χ2n) is 8.38. The molecule has 1 amide bonds. The maximum Gasteiger partial charge on any atom is 0.222 e. The van der Waals surface area contributed by atoms with Gasteiger partial charge in [0.25, 0.3) is 0 Å². The van der Waals surface area contributed by atoms with Crippen molar-refractivity contribution in [3.8, 4) is 11.3 Å². The van der Waals surface area contributed by atoms with E-state index in [1.807, 2.05) is 18.2 Å². The van der Waals surface area contributed by atoms with Gasteiger partial charge in [0.2, 0.25) is 5.91 Å². The number of nitrogens with zero attached hydrogens (tertiary/aromatic N) is 5. The molecule has 1 saturated heterocycles. The van der Waals surface area contributed by atoms with E-state index in [-0.39, 0.29) is 11.7 Å². The van der Waals surface area contributed by atoms with Crippen LogP contribution in [0.2, 0.25) is 0 Å². The van der Waals surface area contributed by atoms with Crippen LogP contribution in [0.15, 0.2) is 36.7 Å². The molecule has 31 heavy (non-hydrogen) atoms. The van der Waals surface area contributed by atoms with Crippen LogP contribution in [0.4, 0.5) is 10.2 Å². The minimum absolute atomic E-state index is 0.183. The highest BCUT2D eigenvalue weighted by molar-refractivity contribution is 5.85. The normalized spacial score (nSPS) is 15.3. The summed E-state index contributed by atoms with van der Waals surface area (Å²) in [4.78, 5) is 28.6. The van der Waals surface area contributed by atoms with Crippen LogP contribution in [0.25, 0.3) is 22.3 Å². The third kappa shape index (κ3) is 4.96. The van der Waals surface area contributed by atoms with Gasteiger partial charge < -0.3 is 10.6 Å². The van der Waals surface area contributed by atoms with Crippen LogP contribution in [0.1, 0.15) is 24.8 Å². The van der Waals surface area contributed by atoms with Gasteiger partial charge in [0.15, 0.2) is 5.82 Å². The van der Waals surface area contributed by atoms with Crippen molar-refractivity contribution < 1.29 is 9.18 Å². The van der Waals surface area contributed by atoms with Gasteiger partial charge in [-0.25, -0.2) is 19.3 Å². The summed E-state index contributed by atoms with van der Waals surface area (Å²) in [6.45, 7) is 2.47. The highest BCUT2D eigenvalue weighted by Gasteiger charge is 2.22. The summed E-state index contributed by atoms with van der Waals surface area (Å²) in [6, 6.07) is 8.67. The molecule has 4 rings (SSSR count). The maximum absolute atomic E-state index is 14.4. The molecule has 162 valence electrons. The Morgan fingerprint density at radius 3 is 2.71 bits per heavy atom. The fourth-order valence-corrected chi connectivity index (χ4v) is 4.05. The van der Waals surface area contributed by atoms with E-state index in [1.165, 1.54) is 12.4 Å². The van der Waals surface area contributed by atoms with Crippen molar-refractivity contribution >= 4 is 22.8 Å². The molecule has 0 saturated carbocycles. The summed E-state index contributed by atoms with van der Waals surface area (Å²) in [7, 11) is 3.59. The topological polar surface area (TPSA) is 88.2 Å². The number of anilines is 1. The number of piperidine rings is 1. The Morgan fingerprint density at radius 1 is 1.19 bits per heavy atom. The Labute approximate surface area is 181 Å². The Balaban J connectivity index is 1.47. The SMILES string of the molecule is CN(C)C(=O)CC1CCN(Cc2cc(F)cc(-c3ccc4ncnc(N)c4n3)c2)CC1. The van der Waals surface area contributed by atoms with Gasteiger partial charge >= 0.3 is 0 Å². The van der Waals surface area contributed by atoms with E-state index in [2.05, 4.69) is 19.9 Å². The van der Waals surface area contributed by atoms with E-state index in [0.29, 0.717) is 47.0 Å². The molecule has 1 aliphatic rings. The van der Waals surface area contributed by atoms with E-state index in [4.69, 9.17) is 5.73 Å². The standard InChI is InChI=1S/C23H27FN6O/c1-29(2)21(31)11-15-5-7-30(8-6-15)13-16-9-17(12-18(24)10-16)19-3-4-20-22(28-19)23(25)27-14-26-20/h3-4,9-10,12,14-15H,5-8,11,13H2,1-2H3,(H2,25,26,27). The summed E-state index contributed by atoms with van der Waals surface area (Å²) in [5.41, 5.74) is 9.33. The smallest absolute Gasteiger partial charge is 0.222 e. The first-order valence-electron chi connectivity index (χ1n) is 10.5. The Kier molecular flexibility index (Phi) is 6.08. The van der Waals surface area contributed by atoms with Crippen LogP contribution >= 0.6 is 0 Å². The number of fused-ring (bicyclic) bond motifs is 1. The van der Waals surface area contributed by atoms with Crippen LogP contribution < -0.4 is 5.73 Å². The quantitative estimate of drug-likeness (QED) is 0.680. The van der Waals surface area contributed by atoms with Crippen molar-refractivity contribution in [2.75, 3.05) is 32.9 Å². The molecule has 8 heteroatoms. The average Bonchev–Trinajstić information content (AvgIpc) is 2.75. The zero-order chi connectivity index (χ0) is 22.0. The van der Waals surface area contributed by atoms with Gasteiger partial charge in [-0.05, 0) is 67.7 Å². The number of pyridine rings is 1. The second kappa shape index (κ2) is 8.93. The first-order chi connectivity index (χ1) is 14.9. The maximum atomic E-state index is 14.4. The van der Waals surface area contributed by atoms with E-state index in [9.17, 15) is 9.18 Å². The number of rotatable bonds is 5. The van der Waals surface area contributed by atoms with Crippen molar-refractivity contribution in [3.05, 3.63) is 48.0 Å². The van der Waals surface area contributed by atoms with Crippen molar-refractivity contribution in [2.24, 2.45) is 5.92 Å². The monoisotopic (exact) mass is 422 g/mol. The molecule has 1 fully saturated rings. The number of benzene rings is 1. The largest absolute Gasteiger partial charge is 0.382 e. The van der Waals surface area contributed by atoms with Crippen LogP contribution in [-0.4, -0.2) is 57.8 Å². The van der Waals surface area contributed by atoms with E-state index in [0.717, 1.165) is 31.5 Å². The molecule has 0 bridgehead atoms. The number of nitrogens with two attached hydrogens (primary N) is 1. The molecule has 1 aromatic carbocycles. The molecule has 7 nitrogen and oxygen atoms in total. The van der Waals surface area contributed by atoms with E-state index >= 15 is 0 Å². The van der Waals surface area contributed by atoms with Crippen LogP contribution in [0.5, 0.6) is 0 Å². The number of hydrogen-bond donors (Lipinski definition) is 1. The third-order valence-corrected chi connectivity index (χ3v) is 5.84. The minimum Gasteiger partial charge on any atom is -0.382 e. The number of carbonyl (C=O) groups excluding carboxylic acids is 1. The van der Waals surface area contributed by atoms with Crippen LogP contribution in [-0.2, 0) is 11.3 Å². The first kappa shape index (κ1) is 21.1. The molecule has 3 heterocycles. The number of halogens is 1. The molecule has 3 aromatic rings. The Bertz CT molecular complexity index is 1090. The third-order valence-electron chi connectivity index (χ3n) is 5.84. The predicted octanol–water partition coefficient (Wildman–Crippen LogP) is 3.10. The summed E-state index contributed by atoms with van der Waals surface area (Å²) in [5, 5.41) is 0. The molecule has 0 spiro atoms. The summed E-state index contributed by atoms with van der Waals surface area (Å²) in [5.74, 6) is 0.614. The lowest BCUT2D eigenvalue weighted by Crippen LogP contribution is -2.35. The molecule has 0 aliphatic carbocycles. The molecular weight excluding hydrogens is 395 g/mol. The van der Waals surface area contributed by atoms with Crippen molar-refractivity contribution in [1.82, 2.24) is 24.8 Å². The van der Waals surface area contributed by atoms with Gasteiger partial charge in [-0.1, -0.05) is 0 Å². The summed E-state index contributed by atoms with van der Waals surface area (Å²) < 4.78 is 14.4. The Hall–Kier alpha value is -3.13. The number of amides is 1. The lowest BCUT2D eigenvalue weighted by molar-refractivity contribution is -0.130. The van der Waals surface area contributed by atoms with Gasteiger partial charge in [0.05, 0.1) is 11.2 Å². The summed E-state index contributed by atoms with van der Waals surface area (Å²) >= 11 is 0. The average molecular weight is 423 g/mol. The van der Waals surface area contributed by atoms with Crippen molar-refractivity contribution in [3.63, 3.8) is 0 Å². The number of nitrogen functional groups attached to an aromatic ring is 1. The molecule has 1 aliphatic heterocycles. The van der Waals surface area contributed by atoms with Gasteiger partial charge in [0, 0.05) is 32.6 Å². The van der Waals surface area contributed by atoms with Gasteiger partial charge in [-0.2, -0.15) is 0 Å². The summed E-state index contributed by atoms with van der Waals surface area (Å²) in [6.07, 6.45) is 3.96. The number of carbonyl (C=O) groups is 1. The van der Waals surface area contributed by atoms with Gasteiger partial charge in [0.1, 0.15) is 17.7 Å². The molecular formula is C23H27FN6O. The van der Waals surface area contributed by atoms with Crippen molar-refractivity contribution in [1.29, 1.82) is 0 Å². The zero-order valence-electron chi connectivity index (χ0n) is 17.9. The lowest BCUT2D eigenvalue weighted by atomic mass is 9.92. The van der Waals surface area contributed by atoms with E-state index in [1.54, 1.807) is 25.1 Å². The fraction of sp³-hybridized carbons (Fsp3) is 0.391. The first-order valence-corrected chi connectivity index (χ1v) is 10.5. The fourth-order valence-electron chi connectivity index (χ4n) is 4.05. The molecule has 2 aromatic heterocycles. The van der Waals surface area contributed by atoms with E-state index < -0.39 is 0 Å². The molecule has 0 atom stereocenters.